The van der Waals surface area contributed by atoms with Gasteiger partial charge in [0.25, 0.3) is 5.91 Å². The van der Waals surface area contributed by atoms with Crippen molar-refractivity contribution in [3.05, 3.63) is 47.5 Å². The van der Waals surface area contributed by atoms with Crippen LogP contribution in [0.2, 0.25) is 0 Å². The Morgan fingerprint density at radius 3 is 2.81 bits per heavy atom. The van der Waals surface area contributed by atoms with Gasteiger partial charge in [-0.05, 0) is 24.6 Å². The van der Waals surface area contributed by atoms with Crippen LogP contribution in [0.5, 0.6) is 5.88 Å². The topological polar surface area (TPSA) is 111 Å². The van der Waals surface area contributed by atoms with Crippen LogP contribution in [0.15, 0.2) is 30.7 Å². The molecule has 9 nitrogen and oxygen atoms in total. The molecule has 2 N–H and O–H groups in total. The highest BCUT2D eigenvalue weighted by atomic mass is 19.4. The summed E-state index contributed by atoms with van der Waals surface area (Å²) in [6.07, 6.45) is 0.406. The summed E-state index contributed by atoms with van der Waals surface area (Å²) in [4.78, 5) is 20.6. The van der Waals surface area contributed by atoms with Gasteiger partial charge < -0.3 is 19.9 Å². The van der Waals surface area contributed by atoms with Crippen molar-refractivity contribution in [3.8, 4) is 5.88 Å². The van der Waals surface area contributed by atoms with Crippen LogP contribution in [0.3, 0.4) is 0 Å². The van der Waals surface area contributed by atoms with Crippen LogP contribution in [-0.4, -0.2) is 69.9 Å². The molecule has 0 bridgehead atoms. The number of amides is 1. The third kappa shape index (κ3) is 6.37. The number of alkyl halides is 3. The van der Waals surface area contributed by atoms with Crippen molar-refractivity contribution in [1.82, 2.24) is 25.1 Å². The minimum atomic E-state index is -4.37. The van der Waals surface area contributed by atoms with Gasteiger partial charge in [0.1, 0.15) is 18.9 Å². The summed E-state index contributed by atoms with van der Waals surface area (Å²) in [5.41, 5.74) is 2.33. The Morgan fingerprint density at radius 2 is 2.09 bits per heavy atom. The third-order valence-electron chi connectivity index (χ3n) is 4.26. The summed E-state index contributed by atoms with van der Waals surface area (Å²) in [5, 5.41) is 16.5. The number of aliphatic hydroxyl groups is 1. The van der Waals surface area contributed by atoms with Crippen molar-refractivity contribution >= 4 is 16.8 Å². The number of pyridine rings is 2. The van der Waals surface area contributed by atoms with Crippen LogP contribution >= 0.6 is 0 Å². The molecule has 3 heterocycles. The molecule has 0 fully saturated rings. The van der Waals surface area contributed by atoms with Crippen LogP contribution in [0.1, 0.15) is 21.6 Å². The maximum absolute atomic E-state index is 12.2. The molecule has 0 radical (unpaired) electrons. The monoisotopic (exact) mass is 453 g/mol. The lowest BCUT2D eigenvalue weighted by atomic mass is 10.2. The van der Waals surface area contributed by atoms with Crippen LogP contribution in [0.4, 0.5) is 13.2 Å². The maximum Gasteiger partial charge on any atom is 0.411 e. The fraction of sp³-hybridized carbons (Fsp3) is 0.400. The molecule has 0 unspecified atom stereocenters. The summed E-state index contributed by atoms with van der Waals surface area (Å²) in [6, 6.07) is 3.52. The fourth-order valence-corrected chi connectivity index (χ4v) is 2.94. The van der Waals surface area contributed by atoms with E-state index in [2.05, 4.69) is 25.1 Å². The highest BCUT2D eigenvalue weighted by Crippen LogP contribution is 2.19. The molecule has 0 aliphatic carbocycles. The Balaban J connectivity index is 1.63. The number of nitrogens with one attached hydrogen (secondary N) is 1. The Morgan fingerprint density at radius 1 is 1.28 bits per heavy atom. The second kappa shape index (κ2) is 10.4. The summed E-state index contributed by atoms with van der Waals surface area (Å²) in [7, 11) is 0. The van der Waals surface area contributed by atoms with Crippen LogP contribution < -0.4 is 10.1 Å². The number of ether oxygens (including phenoxy) is 2. The number of hydrogen-bond acceptors (Lipinski definition) is 7. The van der Waals surface area contributed by atoms with Gasteiger partial charge in [0, 0.05) is 30.7 Å². The van der Waals surface area contributed by atoms with Gasteiger partial charge >= 0.3 is 6.18 Å². The number of aromatic nitrogens is 4. The Bertz CT molecular complexity index is 1070. The zero-order valence-corrected chi connectivity index (χ0v) is 17.2. The molecular formula is C20H22F3N5O4. The molecule has 3 aromatic heterocycles. The third-order valence-corrected chi connectivity index (χ3v) is 4.26. The molecule has 0 aliphatic rings. The van der Waals surface area contributed by atoms with E-state index in [1.54, 1.807) is 30.1 Å². The van der Waals surface area contributed by atoms with Gasteiger partial charge in [0.2, 0.25) is 5.88 Å². The molecule has 32 heavy (non-hydrogen) atoms. The van der Waals surface area contributed by atoms with Gasteiger partial charge in [-0.3, -0.25) is 14.5 Å². The molecule has 0 spiro atoms. The first-order chi connectivity index (χ1) is 15.3. The van der Waals surface area contributed by atoms with E-state index in [-0.39, 0.29) is 32.1 Å². The van der Waals surface area contributed by atoms with Crippen LogP contribution in [0, 0.1) is 6.92 Å². The number of aliphatic hydroxyl groups excluding tert-OH is 1. The smallest absolute Gasteiger partial charge is 0.411 e. The summed E-state index contributed by atoms with van der Waals surface area (Å²) in [6.45, 7) is 0.518. The number of halogens is 3. The summed E-state index contributed by atoms with van der Waals surface area (Å²) in [5.74, 6) is -0.0931. The average molecular weight is 453 g/mol. The first-order valence-corrected chi connectivity index (χ1v) is 9.71. The Labute approximate surface area is 181 Å². The molecule has 0 atom stereocenters. The second-order valence-corrected chi connectivity index (χ2v) is 6.88. The average Bonchev–Trinajstić information content (AvgIpc) is 3.14. The van der Waals surface area contributed by atoms with Crippen molar-refractivity contribution < 1.29 is 32.5 Å². The van der Waals surface area contributed by atoms with Gasteiger partial charge in [0.15, 0.2) is 0 Å². The number of rotatable bonds is 10. The lowest BCUT2D eigenvalue weighted by molar-refractivity contribution is -0.175. The number of fused-ring (bicyclic) bond motifs is 1. The fourth-order valence-electron chi connectivity index (χ4n) is 2.94. The van der Waals surface area contributed by atoms with Crippen LogP contribution in [-0.2, 0) is 11.3 Å². The molecule has 0 saturated heterocycles. The maximum atomic E-state index is 12.2. The number of carbonyl (C=O) groups is 1. The molecule has 3 rings (SSSR count). The number of hydrogen-bond donors (Lipinski definition) is 2. The SMILES string of the molecule is Cc1cc(Cn2cc3c(C(=O)NCCO)nccc3n2)cnc1OCCOCC(F)(F)F. The lowest BCUT2D eigenvalue weighted by Gasteiger charge is -2.11. The normalized spacial score (nSPS) is 11.7. The largest absolute Gasteiger partial charge is 0.475 e. The number of carbonyl (C=O) groups excluding carboxylic acids is 1. The molecule has 0 aromatic carbocycles. The molecule has 12 heteroatoms. The zero-order valence-electron chi connectivity index (χ0n) is 17.2. The van der Waals surface area contributed by atoms with Gasteiger partial charge in [-0.15, -0.1) is 0 Å². The van der Waals surface area contributed by atoms with Crippen molar-refractivity contribution in [1.29, 1.82) is 0 Å². The number of nitrogens with zero attached hydrogens (tertiary/aromatic N) is 4. The molecule has 0 aliphatic heterocycles. The van der Waals surface area contributed by atoms with E-state index < -0.39 is 18.7 Å². The van der Waals surface area contributed by atoms with Gasteiger partial charge in [-0.2, -0.15) is 18.3 Å². The Hall–Kier alpha value is -3.25. The van der Waals surface area contributed by atoms with E-state index in [1.165, 1.54) is 6.20 Å². The van der Waals surface area contributed by atoms with Crippen molar-refractivity contribution in [2.75, 3.05) is 33.0 Å². The predicted octanol–water partition coefficient (Wildman–Crippen LogP) is 1.86. The van der Waals surface area contributed by atoms with E-state index in [0.29, 0.717) is 28.9 Å². The lowest BCUT2D eigenvalue weighted by Crippen LogP contribution is -2.27. The van der Waals surface area contributed by atoms with E-state index in [0.717, 1.165) is 5.56 Å². The van der Waals surface area contributed by atoms with E-state index >= 15 is 0 Å². The van der Waals surface area contributed by atoms with Gasteiger partial charge in [-0.1, -0.05) is 0 Å². The number of aryl methyl sites for hydroxylation is 1. The molecule has 3 aromatic rings. The van der Waals surface area contributed by atoms with Crippen molar-refractivity contribution in [2.45, 2.75) is 19.6 Å². The van der Waals surface area contributed by atoms with E-state index in [9.17, 15) is 18.0 Å². The quantitative estimate of drug-likeness (QED) is 0.451. The standard InChI is InChI=1S/C20H22F3N5O4/c1-13-8-14(9-26-19(13)32-7-6-31-12-20(21,22)23)10-28-11-15-16(27-28)2-3-24-17(15)18(30)25-4-5-29/h2-3,8-9,11,29H,4-7,10,12H2,1H3,(H,25,30). The first kappa shape index (κ1) is 23.4. The van der Waals surface area contributed by atoms with E-state index in [1.807, 2.05) is 6.07 Å². The van der Waals surface area contributed by atoms with Crippen LogP contribution in [0.25, 0.3) is 10.9 Å². The minimum absolute atomic E-state index is 0.0536. The molecule has 1 amide bonds. The molecule has 0 saturated carbocycles. The second-order valence-electron chi connectivity index (χ2n) is 6.88. The summed E-state index contributed by atoms with van der Waals surface area (Å²) >= 11 is 0. The van der Waals surface area contributed by atoms with Crippen molar-refractivity contribution in [2.24, 2.45) is 0 Å². The highest BCUT2D eigenvalue weighted by molar-refractivity contribution is 6.04. The highest BCUT2D eigenvalue weighted by Gasteiger charge is 2.27. The van der Waals surface area contributed by atoms with Gasteiger partial charge in [-0.25, -0.2) is 4.98 Å². The zero-order chi connectivity index (χ0) is 23.1. The predicted molar refractivity (Wildman–Crippen MR) is 107 cm³/mol. The molecular weight excluding hydrogens is 431 g/mol. The molecule has 172 valence electrons. The van der Waals surface area contributed by atoms with Gasteiger partial charge in [0.05, 0.1) is 30.7 Å². The first-order valence-electron chi connectivity index (χ1n) is 9.71. The van der Waals surface area contributed by atoms with Crippen molar-refractivity contribution in [3.63, 3.8) is 0 Å². The van der Waals surface area contributed by atoms with E-state index in [4.69, 9.17) is 9.84 Å². The summed E-state index contributed by atoms with van der Waals surface area (Å²) < 4.78 is 47.7. The Kier molecular flexibility index (Phi) is 7.59. The minimum Gasteiger partial charge on any atom is -0.475 e.